The number of thioether (sulfide) groups is 1. The van der Waals surface area contributed by atoms with Gasteiger partial charge in [0.25, 0.3) is 11.1 Å². The number of nitrogens with one attached hydrogen (secondary N) is 1. The number of benzene rings is 2. The number of rotatable bonds is 3. The van der Waals surface area contributed by atoms with Gasteiger partial charge in [-0.05, 0) is 48.5 Å². The van der Waals surface area contributed by atoms with E-state index in [9.17, 15) is 14.0 Å². The summed E-state index contributed by atoms with van der Waals surface area (Å²) in [7, 11) is 0. The predicted octanol–water partition coefficient (Wildman–Crippen LogP) is 3.77. The maximum Gasteiger partial charge on any atom is 0.295 e. The molecule has 0 saturated carbocycles. The molecule has 22 heavy (non-hydrogen) atoms. The van der Waals surface area contributed by atoms with Crippen LogP contribution in [0.25, 0.3) is 0 Å². The molecule has 1 aliphatic rings. The normalized spacial score (nSPS) is 17.9. The highest BCUT2D eigenvalue weighted by Crippen LogP contribution is 2.33. The zero-order valence-electron chi connectivity index (χ0n) is 11.7. The molecule has 0 spiro atoms. The second kappa shape index (κ2) is 5.81. The summed E-state index contributed by atoms with van der Waals surface area (Å²) in [4.78, 5) is 25.8. The van der Waals surface area contributed by atoms with Gasteiger partial charge in [-0.1, -0.05) is 24.3 Å². The topological polar surface area (TPSA) is 49.4 Å². The molecule has 4 nitrogen and oxygen atoms in total. The third-order valence-electron chi connectivity index (χ3n) is 3.32. The Morgan fingerprint density at radius 2 is 1.91 bits per heavy atom. The lowest BCUT2D eigenvalue weighted by atomic mass is 10.2. The van der Waals surface area contributed by atoms with Gasteiger partial charge in [0.1, 0.15) is 5.82 Å². The van der Waals surface area contributed by atoms with Crippen LogP contribution in [0.2, 0.25) is 0 Å². The lowest BCUT2D eigenvalue weighted by molar-refractivity contribution is -0.116. The number of imide groups is 1. The highest BCUT2D eigenvalue weighted by molar-refractivity contribution is 8.16. The standard InChI is InChI=1S/C16H13FN2O2S/c1-10-5-2-3-8-13(10)19-15(20)14(22-16(19)21)18-12-7-4-6-11(17)9-12/h2-9,14,18H,1H3. The molecule has 0 aliphatic carbocycles. The van der Waals surface area contributed by atoms with Crippen LogP contribution in [-0.4, -0.2) is 16.5 Å². The molecular formula is C16H13FN2O2S. The van der Waals surface area contributed by atoms with Gasteiger partial charge in [-0.15, -0.1) is 0 Å². The molecule has 112 valence electrons. The minimum Gasteiger partial charge on any atom is -0.365 e. The van der Waals surface area contributed by atoms with Gasteiger partial charge in [0, 0.05) is 5.69 Å². The van der Waals surface area contributed by atoms with E-state index in [-0.39, 0.29) is 11.1 Å². The number of hydrogen-bond acceptors (Lipinski definition) is 4. The number of anilines is 2. The van der Waals surface area contributed by atoms with Crippen LogP contribution in [0.15, 0.2) is 48.5 Å². The van der Waals surface area contributed by atoms with Gasteiger partial charge in [-0.2, -0.15) is 0 Å². The molecule has 1 aliphatic heterocycles. The second-order valence-electron chi connectivity index (χ2n) is 4.88. The fraction of sp³-hybridized carbons (Fsp3) is 0.125. The molecule has 1 unspecified atom stereocenters. The highest BCUT2D eigenvalue weighted by Gasteiger charge is 2.41. The van der Waals surface area contributed by atoms with Crippen molar-refractivity contribution in [2.24, 2.45) is 0 Å². The first-order valence-electron chi connectivity index (χ1n) is 6.68. The van der Waals surface area contributed by atoms with Crippen molar-refractivity contribution in [3.05, 3.63) is 59.9 Å². The van der Waals surface area contributed by atoms with Crippen LogP contribution in [-0.2, 0) is 4.79 Å². The Labute approximate surface area is 131 Å². The first-order valence-corrected chi connectivity index (χ1v) is 7.56. The summed E-state index contributed by atoms with van der Waals surface area (Å²) < 4.78 is 13.2. The molecule has 0 aromatic heterocycles. The lowest BCUT2D eigenvalue weighted by Gasteiger charge is -2.16. The van der Waals surface area contributed by atoms with Crippen molar-refractivity contribution < 1.29 is 14.0 Å². The number of halogens is 1. The van der Waals surface area contributed by atoms with Crippen molar-refractivity contribution in [2.45, 2.75) is 12.3 Å². The van der Waals surface area contributed by atoms with Crippen molar-refractivity contribution in [3.63, 3.8) is 0 Å². The van der Waals surface area contributed by atoms with E-state index in [1.807, 2.05) is 19.1 Å². The second-order valence-corrected chi connectivity index (χ2v) is 5.93. The van der Waals surface area contributed by atoms with Gasteiger partial charge in [0.15, 0.2) is 5.37 Å². The van der Waals surface area contributed by atoms with E-state index in [2.05, 4.69) is 5.32 Å². The largest absolute Gasteiger partial charge is 0.365 e. The Balaban J connectivity index is 1.84. The van der Waals surface area contributed by atoms with Gasteiger partial charge in [0.05, 0.1) is 5.69 Å². The Morgan fingerprint density at radius 3 is 2.64 bits per heavy atom. The molecular weight excluding hydrogens is 303 g/mol. The third-order valence-corrected chi connectivity index (χ3v) is 4.26. The fourth-order valence-electron chi connectivity index (χ4n) is 2.26. The number of aryl methyl sites for hydroxylation is 1. The quantitative estimate of drug-likeness (QED) is 0.936. The first-order chi connectivity index (χ1) is 10.6. The average Bonchev–Trinajstić information content (AvgIpc) is 2.74. The van der Waals surface area contributed by atoms with Crippen LogP contribution in [0, 0.1) is 12.7 Å². The van der Waals surface area contributed by atoms with Gasteiger partial charge in [-0.3, -0.25) is 9.59 Å². The molecule has 0 radical (unpaired) electrons. The van der Waals surface area contributed by atoms with Crippen LogP contribution in [0.1, 0.15) is 5.56 Å². The maximum atomic E-state index is 13.2. The van der Waals surface area contributed by atoms with Gasteiger partial charge in [0.2, 0.25) is 0 Å². The summed E-state index contributed by atoms with van der Waals surface area (Å²) >= 11 is 0.890. The minimum atomic E-state index is -0.756. The average molecular weight is 316 g/mol. The van der Waals surface area contributed by atoms with Crippen molar-refractivity contribution in [1.29, 1.82) is 0 Å². The van der Waals surface area contributed by atoms with Crippen molar-refractivity contribution >= 4 is 34.3 Å². The zero-order valence-corrected chi connectivity index (χ0v) is 12.6. The van der Waals surface area contributed by atoms with Crippen molar-refractivity contribution in [1.82, 2.24) is 0 Å². The molecule has 1 heterocycles. The Kier molecular flexibility index (Phi) is 3.85. The van der Waals surface area contributed by atoms with Gasteiger partial charge < -0.3 is 5.32 Å². The molecule has 2 aromatic rings. The van der Waals surface area contributed by atoms with E-state index < -0.39 is 11.2 Å². The van der Waals surface area contributed by atoms with E-state index in [1.165, 1.54) is 12.1 Å². The number of hydrogen-bond donors (Lipinski definition) is 1. The molecule has 1 saturated heterocycles. The van der Waals surface area contributed by atoms with Crippen molar-refractivity contribution in [3.8, 4) is 0 Å². The summed E-state index contributed by atoms with van der Waals surface area (Å²) in [6.45, 7) is 1.84. The van der Waals surface area contributed by atoms with Crippen LogP contribution >= 0.6 is 11.8 Å². The van der Waals surface area contributed by atoms with E-state index in [0.29, 0.717) is 11.4 Å². The molecule has 2 amide bonds. The smallest absolute Gasteiger partial charge is 0.295 e. The summed E-state index contributed by atoms with van der Waals surface area (Å²) in [6, 6.07) is 13.0. The summed E-state index contributed by atoms with van der Waals surface area (Å²) in [6.07, 6.45) is 0. The van der Waals surface area contributed by atoms with Crippen LogP contribution in [0.3, 0.4) is 0 Å². The number of carbonyl (C=O) groups is 2. The predicted molar refractivity (Wildman–Crippen MR) is 85.5 cm³/mol. The minimum absolute atomic E-state index is 0.340. The summed E-state index contributed by atoms with van der Waals surface area (Å²) in [5, 5.41) is 1.80. The number of para-hydroxylation sites is 1. The zero-order chi connectivity index (χ0) is 15.7. The summed E-state index contributed by atoms with van der Waals surface area (Å²) in [5.74, 6) is -0.754. The van der Waals surface area contributed by atoms with E-state index in [1.54, 1.807) is 24.3 Å². The molecule has 1 fully saturated rings. The van der Waals surface area contributed by atoms with Gasteiger partial charge >= 0.3 is 0 Å². The molecule has 1 atom stereocenters. The number of carbonyl (C=O) groups excluding carboxylic acids is 2. The number of amides is 2. The van der Waals surface area contributed by atoms with Crippen LogP contribution in [0.4, 0.5) is 20.6 Å². The van der Waals surface area contributed by atoms with E-state index in [4.69, 9.17) is 0 Å². The molecule has 3 rings (SSSR count). The lowest BCUT2D eigenvalue weighted by Crippen LogP contribution is -2.34. The fourth-order valence-corrected chi connectivity index (χ4v) is 3.16. The van der Waals surface area contributed by atoms with E-state index >= 15 is 0 Å². The third kappa shape index (κ3) is 2.69. The van der Waals surface area contributed by atoms with Crippen molar-refractivity contribution in [2.75, 3.05) is 10.2 Å². The Morgan fingerprint density at radius 1 is 1.14 bits per heavy atom. The molecule has 0 bridgehead atoms. The van der Waals surface area contributed by atoms with E-state index in [0.717, 1.165) is 22.2 Å². The SMILES string of the molecule is Cc1ccccc1N1C(=O)SC(Nc2cccc(F)c2)C1=O. The maximum absolute atomic E-state index is 13.2. The Bertz CT molecular complexity index is 750. The van der Waals surface area contributed by atoms with Gasteiger partial charge in [-0.25, -0.2) is 9.29 Å². The monoisotopic (exact) mass is 316 g/mol. The first kappa shape index (κ1) is 14.6. The van der Waals surface area contributed by atoms with Crippen LogP contribution < -0.4 is 10.2 Å². The highest BCUT2D eigenvalue weighted by atomic mass is 32.2. The molecule has 2 aromatic carbocycles. The number of nitrogens with zero attached hydrogens (tertiary/aromatic N) is 1. The molecule has 1 N–H and O–H groups in total. The van der Waals surface area contributed by atoms with Crippen LogP contribution in [0.5, 0.6) is 0 Å². The summed E-state index contributed by atoms with van der Waals surface area (Å²) in [5.41, 5.74) is 1.88. The Hall–Kier alpha value is -2.34. The molecule has 6 heteroatoms.